The summed E-state index contributed by atoms with van der Waals surface area (Å²) in [5.41, 5.74) is 2.41. The Hall–Kier alpha value is -3.59. The number of piperazine rings is 2. The van der Waals surface area contributed by atoms with E-state index in [1.807, 2.05) is 29.2 Å². The van der Waals surface area contributed by atoms with Gasteiger partial charge >= 0.3 is 0 Å². The van der Waals surface area contributed by atoms with Crippen LogP contribution in [0.5, 0.6) is 0 Å². The van der Waals surface area contributed by atoms with Crippen molar-refractivity contribution in [3.05, 3.63) is 48.0 Å². The summed E-state index contributed by atoms with van der Waals surface area (Å²) in [6.07, 6.45) is 3.15. The molecule has 3 aromatic rings. The molecule has 1 N–H and O–H groups in total. The van der Waals surface area contributed by atoms with E-state index in [1.54, 1.807) is 6.20 Å². The van der Waals surface area contributed by atoms with Crippen molar-refractivity contribution in [2.75, 3.05) is 86.7 Å². The number of morpholine rings is 1. The summed E-state index contributed by atoms with van der Waals surface area (Å²) in [5.74, 6) is 0.630. The minimum Gasteiger partial charge on any atom is -0.370 e. The van der Waals surface area contributed by atoms with Crippen molar-refractivity contribution in [3.8, 4) is 6.07 Å². The lowest BCUT2D eigenvalue weighted by atomic mass is 10.1. The third kappa shape index (κ3) is 5.80. The predicted octanol–water partition coefficient (Wildman–Crippen LogP) is 2.50. The zero-order valence-corrected chi connectivity index (χ0v) is 22.3. The van der Waals surface area contributed by atoms with E-state index in [-0.39, 0.29) is 25.5 Å². The highest BCUT2D eigenvalue weighted by molar-refractivity contribution is 5.95. The molecule has 10 nitrogen and oxygen atoms in total. The Labute approximate surface area is 235 Å². The summed E-state index contributed by atoms with van der Waals surface area (Å²) in [6, 6.07) is 10.1. The number of benzene rings is 1. The van der Waals surface area contributed by atoms with Crippen LogP contribution in [-0.4, -0.2) is 104 Å². The number of anilines is 3. The first-order chi connectivity index (χ1) is 19.1. The second-order valence-electron chi connectivity index (χ2n) is 10.5. The van der Waals surface area contributed by atoms with Crippen LogP contribution in [0.3, 0.4) is 0 Å². The number of aromatic nitrogens is 3. The number of hydrogen-bond acceptors (Lipinski definition) is 10. The molecule has 5 heterocycles. The molecule has 2 atom stereocenters. The Morgan fingerprint density at radius 3 is 2.60 bits per heavy atom. The first-order valence-corrected chi connectivity index (χ1v) is 13.7. The van der Waals surface area contributed by atoms with Gasteiger partial charge in [0.15, 0.2) is 11.6 Å². The van der Waals surface area contributed by atoms with Gasteiger partial charge in [-0.25, -0.2) is 9.37 Å². The lowest BCUT2D eigenvalue weighted by molar-refractivity contribution is -0.0327. The Morgan fingerprint density at radius 1 is 1.02 bits per heavy atom. The van der Waals surface area contributed by atoms with Crippen LogP contribution in [-0.2, 0) is 4.74 Å². The van der Waals surface area contributed by atoms with Crippen molar-refractivity contribution in [3.63, 3.8) is 0 Å². The van der Waals surface area contributed by atoms with E-state index in [0.717, 1.165) is 75.5 Å². The van der Waals surface area contributed by atoms with E-state index < -0.39 is 0 Å². The molecule has 0 saturated carbocycles. The Bertz CT molecular complexity index is 1350. The van der Waals surface area contributed by atoms with Gasteiger partial charge in [-0.05, 0) is 31.2 Å². The number of pyridine rings is 1. The normalized spacial score (nSPS) is 22.2. The predicted molar refractivity (Wildman–Crippen MR) is 155 cm³/mol. The SMILES string of the molecule is C.C[C@@H]1CN(c2ccc(C#N)c3ncccc23)C[C@H](CN2CCN(c3nc(N4CCNCC4)ncc3F)CC2)O1. The van der Waals surface area contributed by atoms with Crippen LogP contribution in [0.15, 0.2) is 36.7 Å². The van der Waals surface area contributed by atoms with Crippen LogP contribution < -0.4 is 20.0 Å². The Balaban J connectivity index is 0.00000323. The van der Waals surface area contributed by atoms with Gasteiger partial charge in [0.25, 0.3) is 0 Å². The molecule has 6 rings (SSSR count). The summed E-state index contributed by atoms with van der Waals surface area (Å²) in [4.78, 5) is 22.2. The molecular weight excluding hydrogens is 509 g/mol. The van der Waals surface area contributed by atoms with Gasteiger partial charge in [-0.1, -0.05) is 7.43 Å². The third-order valence-corrected chi connectivity index (χ3v) is 7.78. The summed E-state index contributed by atoms with van der Waals surface area (Å²) in [6.45, 7) is 10.9. The zero-order chi connectivity index (χ0) is 26.8. The quantitative estimate of drug-likeness (QED) is 0.513. The van der Waals surface area contributed by atoms with Crippen molar-refractivity contribution in [1.82, 2.24) is 25.2 Å². The second kappa shape index (κ2) is 12.3. The Morgan fingerprint density at radius 2 is 1.82 bits per heavy atom. The van der Waals surface area contributed by atoms with Crippen LogP contribution in [0.1, 0.15) is 19.9 Å². The number of fused-ring (bicyclic) bond motifs is 1. The molecule has 3 aliphatic heterocycles. The molecule has 3 aliphatic rings. The monoisotopic (exact) mass is 547 g/mol. The fourth-order valence-electron chi connectivity index (χ4n) is 5.88. The largest absolute Gasteiger partial charge is 0.370 e. The van der Waals surface area contributed by atoms with E-state index in [4.69, 9.17) is 4.74 Å². The fraction of sp³-hybridized carbons (Fsp3) is 0.517. The highest BCUT2D eigenvalue weighted by Gasteiger charge is 2.30. The molecule has 40 heavy (non-hydrogen) atoms. The maximum Gasteiger partial charge on any atom is 0.227 e. The average Bonchev–Trinajstić information content (AvgIpc) is 2.97. The maximum absolute atomic E-state index is 14.7. The maximum atomic E-state index is 14.7. The van der Waals surface area contributed by atoms with Gasteiger partial charge in [0.05, 0.1) is 29.5 Å². The van der Waals surface area contributed by atoms with Crippen LogP contribution >= 0.6 is 0 Å². The van der Waals surface area contributed by atoms with Crippen molar-refractivity contribution in [2.45, 2.75) is 26.6 Å². The van der Waals surface area contributed by atoms with Gasteiger partial charge in [0, 0.05) is 89.3 Å². The van der Waals surface area contributed by atoms with E-state index in [1.165, 1.54) is 6.20 Å². The fourth-order valence-corrected chi connectivity index (χ4v) is 5.88. The third-order valence-electron chi connectivity index (χ3n) is 7.78. The van der Waals surface area contributed by atoms with Gasteiger partial charge < -0.3 is 24.8 Å². The molecule has 3 fully saturated rings. The van der Waals surface area contributed by atoms with Gasteiger partial charge in [0.2, 0.25) is 5.95 Å². The Kier molecular flexibility index (Phi) is 8.59. The number of rotatable bonds is 5. The van der Waals surface area contributed by atoms with Crippen molar-refractivity contribution in [1.29, 1.82) is 5.26 Å². The molecule has 0 unspecified atom stereocenters. The van der Waals surface area contributed by atoms with Gasteiger partial charge in [-0.15, -0.1) is 0 Å². The van der Waals surface area contributed by atoms with Crippen molar-refractivity contribution in [2.24, 2.45) is 0 Å². The number of nitrogens with zero attached hydrogens (tertiary/aromatic N) is 8. The molecule has 212 valence electrons. The van der Waals surface area contributed by atoms with E-state index >= 15 is 0 Å². The first kappa shape index (κ1) is 28.0. The van der Waals surface area contributed by atoms with Crippen LogP contribution in [0.2, 0.25) is 0 Å². The van der Waals surface area contributed by atoms with E-state index in [9.17, 15) is 9.65 Å². The highest BCUT2D eigenvalue weighted by atomic mass is 19.1. The molecule has 11 heteroatoms. The molecular formula is C29H38FN9O. The van der Waals surface area contributed by atoms with Gasteiger partial charge in [0.1, 0.15) is 6.07 Å². The average molecular weight is 548 g/mol. The number of halogens is 1. The minimum absolute atomic E-state index is 0. The molecule has 0 spiro atoms. The lowest BCUT2D eigenvalue weighted by Gasteiger charge is -2.42. The molecule has 0 aliphatic carbocycles. The number of nitrogens with one attached hydrogen (secondary N) is 1. The smallest absolute Gasteiger partial charge is 0.227 e. The number of hydrogen-bond donors (Lipinski definition) is 1. The molecule has 0 bridgehead atoms. The summed E-state index contributed by atoms with van der Waals surface area (Å²) < 4.78 is 21.1. The van der Waals surface area contributed by atoms with Crippen molar-refractivity contribution >= 4 is 28.4 Å². The van der Waals surface area contributed by atoms with Crippen LogP contribution in [0.25, 0.3) is 10.9 Å². The highest BCUT2D eigenvalue weighted by Crippen LogP contribution is 2.30. The second-order valence-corrected chi connectivity index (χ2v) is 10.5. The summed E-state index contributed by atoms with van der Waals surface area (Å²) in [7, 11) is 0. The molecule has 0 amide bonds. The summed E-state index contributed by atoms with van der Waals surface area (Å²) >= 11 is 0. The topological polar surface area (TPSA) is 96.7 Å². The molecule has 3 saturated heterocycles. The number of nitriles is 1. The van der Waals surface area contributed by atoms with Gasteiger partial charge in [-0.2, -0.15) is 10.2 Å². The van der Waals surface area contributed by atoms with E-state index in [2.05, 4.69) is 48.0 Å². The van der Waals surface area contributed by atoms with Crippen LogP contribution in [0.4, 0.5) is 21.8 Å². The molecule has 1 aromatic carbocycles. The molecule has 2 aromatic heterocycles. The van der Waals surface area contributed by atoms with Crippen LogP contribution in [0, 0.1) is 17.1 Å². The molecule has 0 radical (unpaired) electrons. The zero-order valence-electron chi connectivity index (χ0n) is 22.3. The summed E-state index contributed by atoms with van der Waals surface area (Å²) in [5, 5.41) is 13.8. The standard InChI is InChI=1S/C28H34FN9O.CH4/c1-20-17-38(25-5-4-21(15-30)26-23(25)3-2-6-32-26)19-22(39-20)18-35-11-13-36(14-12-35)27-24(29)16-33-28(34-27)37-9-7-31-8-10-37;/h2-6,16,20,22,31H,7-14,17-19H2,1H3;1H4/t20-,22+;/m1./s1. The van der Waals surface area contributed by atoms with Gasteiger partial charge in [-0.3, -0.25) is 9.88 Å². The minimum atomic E-state index is -0.369. The van der Waals surface area contributed by atoms with Crippen molar-refractivity contribution < 1.29 is 9.13 Å². The van der Waals surface area contributed by atoms with E-state index in [0.29, 0.717) is 30.4 Å². The number of ether oxygens (including phenoxy) is 1. The first-order valence-electron chi connectivity index (χ1n) is 13.7. The lowest BCUT2D eigenvalue weighted by Crippen LogP contribution is -2.54.